The largest absolute Gasteiger partial charge is 0.494 e. The first-order valence-corrected chi connectivity index (χ1v) is 8.52. The number of hydrazine groups is 1. The summed E-state index contributed by atoms with van der Waals surface area (Å²) in [5.41, 5.74) is 3.52. The Balaban J connectivity index is 1.33. The van der Waals surface area contributed by atoms with Crippen LogP contribution in [0.2, 0.25) is 0 Å². The molecule has 1 N–H and O–H groups in total. The molecule has 1 heterocycles. The molecule has 1 aliphatic rings. The van der Waals surface area contributed by atoms with Gasteiger partial charge in [-0.25, -0.2) is 5.01 Å². The Labute approximate surface area is 133 Å². The van der Waals surface area contributed by atoms with Crippen LogP contribution >= 0.6 is 0 Å². The summed E-state index contributed by atoms with van der Waals surface area (Å²) in [4.78, 5) is 0. The van der Waals surface area contributed by atoms with Gasteiger partial charge in [0.25, 0.3) is 0 Å². The van der Waals surface area contributed by atoms with Crippen LogP contribution in [0.25, 0.3) is 10.8 Å². The molecule has 0 atom stereocenters. The predicted molar refractivity (Wildman–Crippen MR) is 92.1 cm³/mol. The zero-order valence-corrected chi connectivity index (χ0v) is 13.3. The molecule has 0 saturated carbocycles. The molecule has 3 heteroatoms. The standard InChI is InChI=1S/C19H26N2O/c1-5-13-21(14-6-1)20-12-4-7-15-22-19-11-10-17-8-2-3-9-18(17)16-19/h2-3,8-11,16,20H,1,4-7,12-15H2. The third-order valence-corrected chi connectivity index (χ3v) is 4.25. The molecule has 0 unspecified atom stereocenters. The Kier molecular flexibility index (Phi) is 5.68. The summed E-state index contributed by atoms with van der Waals surface area (Å²) < 4.78 is 5.86. The van der Waals surface area contributed by atoms with Crippen LogP contribution in [0.4, 0.5) is 0 Å². The number of hydrogen-bond donors (Lipinski definition) is 1. The second kappa shape index (κ2) is 8.16. The molecule has 3 rings (SSSR count). The van der Waals surface area contributed by atoms with E-state index in [0.29, 0.717) is 0 Å². The van der Waals surface area contributed by atoms with Crippen LogP contribution < -0.4 is 10.2 Å². The second-order valence-electron chi connectivity index (χ2n) is 6.02. The Bertz CT molecular complexity index is 578. The van der Waals surface area contributed by atoms with Crippen LogP contribution in [-0.2, 0) is 0 Å². The molecule has 118 valence electrons. The zero-order valence-electron chi connectivity index (χ0n) is 13.3. The summed E-state index contributed by atoms with van der Waals surface area (Å²) in [6, 6.07) is 14.7. The van der Waals surface area contributed by atoms with E-state index in [1.807, 2.05) is 0 Å². The van der Waals surface area contributed by atoms with Gasteiger partial charge in [0.15, 0.2) is 0 Å². The molecular formula is C19H26N2O. The maximum Gasteiger partial charge on any atom is 0.119 e. The quantitative estimate of drug-likeness (QED) is 0.782. The van der Waals surface area contributed by atoms with E-state index in [2.05, 4.69) is 52.9 Å². The summed E-state index contributed by atoms with van der Waals surface area (Å²) in [7, 11) is 0. The molecule has 1 fully saturated rings. The van der Waals surface area contributed by atoms with Crippen molar-refractivity contribution in [3.8, 4) is 5.75 Å². The minimum atomic E-state index is 0.792. The minimum absolute atomic E-state index is 0.792. The van der Waals surface area contributed by atoms with Gasteiger partial charge in [-0.05, 0) is 48.6 Å². The number of benzene rings is 2. The molecule has 2 aromatic rings. The van der Waals surface area contributed by atoms with Crippen LogP contribution in [0.3, 0.4) is 0 Å². The number of fused-ring (bicyclic) bond motifs is 1. The Hall–Kier alpha value is -1.58. The molecule has 0 aliphatic carbocycles. The lowest BCUT2D eigenvalue weighted by Crippen LogP contribution is -2.42. The van der Waals surface area contributed by atoms with Gasteiger partial charge in [0.2, 0.25) is 0 Å². The van der Waals surface area contributed by atoms with E-state index in [9.17, 15) is 0 Å². The van der Waals surface area contributed by atoms with Gasteiger partial charge in [-0.15, -0.1) is 0 Å². The number of rotatable bonds is 7. The monoisotopic (exact) mass is 298 g/mol. The maximum absolute atomic E-state index is 5.86. The molecule has 3 nitrogen and oxygen atoms in total. The Morgan fingerprint density at radius 2 is 1.73 bits per heavy atom. The molecule has 0 bridgehead atoms. The highest BCUT2D eigenvalue weighted by molar-refractivity contribution is 5.83. The third kappa shape index (κ3) is 4.46. The maximum atomic E-state index is 5.86. The zero-order chi connectivity index (χ0) is 15.0. The fraction of sp³-hybridized carbons (Fsp3) is 0.474. The molecule has 2 aromatic carbocycles. The number of hydrogen-bond acceptors (Lipinski definition) is 3. The van der Waals surface area contributed by atoms with Crippen molar-refractivity contribution in [3.05, 3.63) is 42.5 Å². The molecule has 0 amide bonds. The van der Waals surface area contributed by atoms with Crippen molar-refractivity contribution < 1.29 is 4.74 Å². The average molecular weight is 298 g/mol. The normalized spacial score (nSPS) is 16.0. The van der Waals surface area contributed by atoms with Crippen molar-refractivity contribution >= 4 is 10.8 Å². The van der Waals surface area contributed by atoms with E-state index in [1.165, 1.54) is 43.1 Å². The van der Waals surface area contributed by atoms with Crippen molar-refractivity contribution in [1.29, 1.82) is 0 Å². The first-order valence-electron chi connectivity index (χ1n) is 8.52. The number of unbranched alkanes of at least 4 members (excludes halogenated alkanes) is 1. The van der Waals surface area contributed by atoms with Crippen molar-refractivity contribution in [2.24, 2.45) is 0 Å². The van der Waals surface area contributed by atoms with Gasteiger partial charge in [0.05, 0.1) is 6.61 Å². The van der Waals surface area contributed by atoms with Crippen molar-refractivity contribution in [2.75, 3.05) is 26.2 Å². The highest BCUT2D eigenvalue weighted by Crippen LogP contribution is 2.20. The van der Waals surface area contributed by atoms with Gasteiger partial charge in [-0.2, -0.15) is 0 Å². The van der Waals surface area contributed by atoms with Gasteiger partial charge >= 0.3 is 0 Å². The van der Waals surface area contributed by atoms with Crippen LogP contribution in [-0.4, -0.2) is 31.3 Å². The van der Waals surface area contributed by atoms with Crippen LogP contribution in [0.15, 0.2) is 42.5 Å². The fourth-order valence-corrected chi connectivity index (χ4v) is 2.96. The molecule has 0 spiro atoms. The molecular weight excluding hydrogens is 272 g/mol. The van der Waals surface area contributed by atoms with E-state index < -0.39 is 0 Å². The van der Waals surface area contributed by atoms with Gasteiger partial charge in [-0.3, -0.25) is 5.43 Å². The van der Waals surface area contributed by atoms with E-state index in [1.54, 1.807) is 0 Å². The summed E-state index contributed by atoms with van der Waals surface area (Å²) in [6.45, 7) is 4.25. The molecule has 0 radical (unpaired) electrons. The lowest BCUT2D eigenvalue weighted by atomic mass is 10.1. The first-order chi connectivity index (χ1) is 10.9. The van der Waals surface area contributed by atoms with Gasteiger partial charge in [0, 0.05) is 19.6 Å². The van der Waals surface area contributed by atoms with Gasteiger partial charge < -0.3 is 4.74 Å². The smallest absolute Gasteiger partial charge is 0.119 e. The predicted octanol–water partition coefficient (Wildman–Crippen LogP) is 3.99. The third-order valence-electron chi connectivity index (χ3n) is 4.25. The summed E-state index contributed by atoms with van der Waals surface area (Å²) >= 11 is 0. The van der Waals surface area contributed by atoms with E-state index in [-0.39, 0.29) is 0 Å². The lowest BCUT2D eigenvalue weighted by Gasteiger charge is -2.27. The van der Waals surface area contributed by atoms with E-state index in [0.717, 1.165) is 31.7 Å². The highest BCUT2D eigenvalue weighted by Gasteiger charge is 2.08. The summed E-state index contributed by atoms with van der Waals surface area (Å²) in [5.74, 6) is 0.975. The molecule has 1 saturated heterocycles. The van der Waals surface area contributed by atoms with Gasteiger partial charge in [0.1, 0.15) is 5.75 Å². The number of piperidine rings is 1. The van der Waals surface area contributed by atoms with Crippen molar-refractivity contribution in [1.82, 2.24) is 10.4 Å². The molecule has 0 aromatic heterocycles. The minimum Gasteiger partial charge on any atom is -0.494 e. The Morgan fingerprint density at radius 3 is 2.59 bits per heavy atom. The fourth-order valence-electron chi connectivity index (χ4n) is 2.96. The van der Waals surface area contributed by atoms with Crippen molar-refractivity contribution in [3.63, 3.8) is 0 Å². The summed E-state index contributed by atoms with van der Waals surface area (Å²) in [6.07, 6.45) is 6.30. The Morgan fingerprint density at radius 1 is 0.909 bits per heavy atom. The average Bonchev–Trinajstić information content (AvgIpc) is 2.59. The van der Waals surface area contributed by atoms with E-state index >= 15 is 0 Å². The van der Waals surface area contributed by atoms with Crippen LogP contribution in [0.5, 0.6) is 5.75 Å². The van der Waals surface area contributed by atoms with E-state index in [4.69, 9.17) is 4.74 Å². The second-order valence-corrected chi connectivity index (χ2v) is 6.02. The number of nitrogens with one attached hydrogen (secondary N) is 1. The topological polar surface area (TPSA) is 24.5 Å². The molecule has 1 aliphatic heterocycles. The lowest BCUT2D eigenvalue weighted by molar-refractivity contribution is 0.152. The number of ether oxygens (including phenoxy) is 1. The van der Waals surface area contributed by atoms with Gasteiger partial charge in [-0.1, -0.05) is 36.8 Å². The van der Waals surface area contributed by atoms with Crippen LogP contribution in [0.1, 0.15) is 32.1 Å². The highest BCUT2D eigenvalue weighted by atomic mass is 16.5. The number of nitrogens with zero attached hydrogens (tertiary/aromatic N) is 1. The van der Waals surface area contributed by atoms with Crippen molar-refractivity contribution in [2.45, 2.75) is 32.1 Å². The SMILES string of the molecule is c1ccc2cc(OCCCCNN3CCCCC3)ccc2c1. The first kappa shape index (κ1) is 15.3. The summed E-state index contributed by atoms with van der Waals surface area (Å²) in [5, 5.41) is 4.88. The molecule has 22 heavy (non-hydrogen) atoms. The van der Waals surface area contributed by atoms with Crippen LogP contribution in [0, 0.1) is 0 Å².